The number of nitrogens with zero attached hydrogens (tertiary/aromatic N) is 1. The molecule has 1 saturated carbocycles. The monoisotopic (exact) mass is 284 g/mol. The third-order valence-electron chi connectivity index (χ3n) is 4.19. The lowest BCUT2D eigenvalue weighted by molar-refractivity contribution is 0.0888. The van der Waals surface area contributed by atoms with E-state index in [9.17, 15) is 4.79 Å². The highest BCUT2D eigenvalue weighted by molar-refractivity contribution is 5.91. The predicted octanol–water partition coefficient (Wildman–Crippen LogP) is 3.44. The number of amides is 1. The standard InChI is InChI=1S/C17H20N2O2/c1-12-11-16(21-19-12)17(20)18-15-9-7-14(8-10-15)13-5-3-2-4-6-13/h2-6,11,14-15H,7-10H2,1H3,(H,18,20). The first-order valence-electron chi connectivity index (χ1n) is 7.51. The summed E-state index contributed by atoms with van der Waals surface area (Å²) >= 11 is 0. The minimum absolute atomic E-state index is 0.154. The lowest BCUT2D eigenvalue weighted by atomic mass is 9.82. The molecule has 1 aromatic heterocycles. The van der Waals surface area contributed by atoms with E-state index < -0.39 is 0 Å². The first-order chi connectivity index (χ1) is 10.2. The highest BCUT2D eigenvalue weighted by atomic mass is 16.5. The zero-order valence-electron chi connectivity index (χ0n) is 12.2. The Kier molecular flexibility index (Phi) is 4.04. The van der Waals surface area contributed by atoms with Gasteiger partial charge in [0.2, 0.25) is 5.76 Å². The average molecular weight is 284 g/mol. The van der Waals surface area contributed by atoms with Crippen LogP contribution in [0, 0.1) is 6.92 Å². The minimum Gasteiger partial charge on any atom is -0.351 e. The van der Waals surface area contributed by atoms with Crippen LogP contribution in [0.3, 0.4) is 0 Å². The molecule has 1 aromatic carbocycles. The van der Waals surface area contributed by atoms with E-state index in [-0.39, 0.29) is 11.9 Å². The van der Waals surface area contributed by atoms with E-state index in [0.717, 1.165) is 31.4 Å². The van der Waals surface area contributed by atoms with Crippen LogP contribution in [0.2, 0.25) is 0 Å². The summed E-state index contributed by atoms with van der Waals surface area (Å²) in [5, 5.41) is 6.79. The molecule has 0 spiro atoms. The highest BCUT2D eigenvalue weighted by Crippen LogP contribution is 2.32. The van der Waals surface area contributed by atoms with Crippen LogP contribution < -0.4 is 5.32 Å². The van der Waals surface area contributed by atoms with Gasteiger partial charge in [-0.1, -0.05) is 35.5 Å². The second-order valence-electron chi connectivity index (χ2n) is 5.77. The van der Waals surface area contributed by atoms with Crippen molar-refractivity contribution in [1.82, 2.24) is 10.5 Å². The van der Waals surface area contributed by atoms with Crippen molar-refractivity contribution in [2.24, 2.45) is 0 Å². The molecule has 21 heavy (non-hydrogen) atoms. The first kappa shape index (κ1) is 13.9. The maximum atomic E-state index is 12.0. The topological polar surface area (TPSA) is 55.1 Å². The average Bonchev–Trinajstić information content (AvgIpc) is 2.96. The molecular weight excluding hydrogens is 264 g/mol. The number of hydrogen-bond acceptors (Lipinski definition) is 3. The molecule has 1 N–H and O–H groups in total. The number of nitrogens with one attached hydrogen (secondary N) is 1. The maximum Gasteiger partial charge on any atom is 0.290 e. The van der Waals surface area contributed by atoms with Gasteiger partial charge in [-0.25, -0.2) is 0 Å². The number of rotatable bonds is 3. The fourth-order valence-electron chi connectivity index (χ4n) is 3.02. The Morgan fingerprint density at radius 2 is 1.90 bits per heavy atom. The maximum absolute atomic E-state index is 12.0. The van der Waals surface area contributed by atoms with Crippen LogP contribution in [0.4, 0.5) is 0 Å². The van der Waals surface area contributed by atoms with E-state index in [2.05, 4.69) is 40.8 Å². The molecule has 0 aliphatic heterocycles. The molecule has 1 aliphatic rings. The van der Waals surface area contributed by atoms with Crippen LogP contribution in [0.15, 0.2) is 40.9 Å². The molecule has 110 valence electrons. The molecule has 1 heterocycles. The Balaban J connectivity index is 1.53. The number of carbonyl (C=O) groups excluding carboxylic acids is 1. The third-order valence-corrected chi connectivity index (χ3v) is 4.19. The van der Waals surface area contributed by atoms with Gasteiger partial charge in [-0.2, -0.15) is 0 Å². The van der Waals surface area contributed by atoms with Gasteiger partial charge in [-0.05, 0) is 44.1 Å². The van der Waals surface area contributed by atoms with Gasteiger partial charge in [0.25, 0.3) is 5.91 Å². The van der Waals surface area contributed by atoms with Crippen molar-refractivity contribution >= 4 is 5.91 Å². The number of aromatic nitrogens is 1. The van der Waals surface area contributed by atoms with E-state index in [1.165, 1.54) is 5.56 Å². The largest absolute Gasteiger partial charge is 0.351 e. The molecule has 2 aromatic rings. The van der Waals surface area contributed by atoms with Gasteiger partial charge in [0.1, 0.15) is 0 Å². The number of benzene rings is 1. The van der Waals surface area contributed by atoms with Gasteiger partial charge in [0, 0.05) is 12.1 Å². The minimum atomic E-state index is -0.154. The number of carbonyl (C=O) groups is 1. The Morgan fingerprint density at radius 3 is 2.52 bits per heavy atom. The van der Waals surface area contributed by atoms with Gasteiger partial charge in [0.05, 0.1) is 5.69 Å². The van der Waals surface area contributed by atoms with Gasteiger partial charge in [-0.3, -0.25) is 4.79 Å². The number of hydrogen-bond donors (Lipinski definition) is 1. The molecule has 0 saturated heterocycles. The van der Waals surface area contributed by atoms with E-state index in [0.29, 0.717) is 11.7 Å². The molecule has 0 bridgehead atoms. The zero-order valence-corrected chi connectivity index (χ0v) is 12.2. The second-order valence-corrected chi connectivity index (χ2v) is 5.77. The van der Waals surface area contributed by atoms with Crippen LogP contribution in [0.25, 0.3) is 0 Å². The summed E-state index contributed by atoms with van der Waals surface area (Å²) in [6.07, 6.45) is 4.26. The second kappa shape index (κ2) is 6.12. The Morgan fingerprint density at radius 1 is 1.19 bits per heavy atom. The summed E-state index contributed by atoms with van der Waals surface area (Å²) < 4.78 is 5.00. The van der Waals surface area contributed by atoms with Crippen LogP contribution in [-0.2, 0) is 0 Å². The molecule has 0 radical (unpaired) electrons. The van der Waals surface area contributed by atoms with Crippen molar-refractivity contribution in [1.29, 1.82) is 0 Å². The molecule has 0 atom stereocenters. The summed E-state index contributed by atoms with van der Waals surface area (Å²) in [5.41, 5.74) is 2.14. The van der Waals surface area contributed by atoms with Crippen LogP contribution in [-0.4, -0.2) is 17.1 Å². The van der Waals surface area contributed by atoms with Crippen LogP contribution in [0.1, 0.15) is 53.4 Å². The predicted molar refractivity (Wildman–Crippen MR) is 80.1 cm³/mol. The van der Waals surface area contributed by atoms with E-state index in [1.807, 2.05) is 6.92 Å². The molecule has 1 aliphatic carbocycles. The summed E-state index contributed by atoms with van der Waals surface area (Å²) in [5.74, 6) is 0.767. The zero-order chi connectivity index (χ0) is 14.7. The third kappa shape index (κ3) is 3.32. The molecule has 1 fully saturated rings. The van der Waals surface area contributed by atoms with E-state index >= 15 is 0 Å². The molecular formula is C17H20N2O2. The lowest BCUT2D eigenvalue weighted by Gasteiger charge is -2.29. The summed E-state index contributed by atoms with van der Waals surface area (Å²) in [7, 11) is 0. The smallest absolute Gasteiger partial charge is 0.290 e. The summed E-state index contributed by atoms with van der Waals surface area (Å²) in [6.45, 7) is 1.81. The van der Waals surface area contributed by atoms with Crippen molar-refractivity contribution in [3.05, 3.63) is 53.4 Å². The van der Waals surface area contributed by atoms with Gasteiger partial charge in [0.15, 0.2) is 0 Å². The Labute approximate surface area is 124 Å². The first-order valence-corrected chi connectivity index (χ1v) is 7.51. The Hall–Kier alpha value is -2.10. The summed E-state index contributed by atoms with van der Waals surface area (Å²) in [4.78, 5) is 12.0. The SMILES string of the molecule is Cc1cc(C(=O)NC2CCC(c3ccccc3)CC2)on1. The molecule has 3 rings (SSSR count). The van der Waals surface area contributed by atoms with Crippen molar-refractivity contribution in [3.63, 3.8) is 0 Å². The normalized spacial score (nSPS) is 22.0. The van der Waals surface area contributed by atoms with Gasteiger partial charge in [-0.15, -0.1) is 0 Å². The highest BCUT2D eigenvalue weighted by Gasteiger charge is 2.24. The number of aryl methyl sites for hydroxylation is 1. The van der Waals surface area contributed by atoms with E-state index in [4.69, 9.17) is 4.52 Å². The lowest BCUT2D eigenvalue weighted by Crippen LogP contribution is -2.37. The van der Waals surface area contributed by atoms with Crippen molar-refractivity contribution in [3.8, 4) is 0 Å². The molecule has 1 amide bonds. The van der Waals surface area contributed by atoms with E-state index in [1.54, 1.807) is 6.07 Å². The molecule has 4 nitrogen and oxygen atoms in total. The van der Waals surface area contributed by atoms with Crippen LogP contribution in [0.5, 0.6) is 0 Å². The summed E-state index contributed by atoms with van der Waals surface area (Å²) in [6, 6.07) is 12.5. The van der Waals surface area contributed by atoms with Gasteiger partial charge >= 0.3 is 0 Å². The fraction of sp³-hybridized carbons (Fsp3) is 0.412. The molecule has 0 unspecified atom stereocenters. The fourth-order valence-corrected chi connectivity index (χ4v) is 3.02. The quantitative estimate of drug-likeness (QED) is 0.939. The van der Waals surface area contributed by atoms with Crippen molar-refractivity contribution in [2.75, 3.05) is 0 Å². The van der Waals surface area contributed by atoms with Crippen molar-refractivity contribution < 1.29 is 9.32 Å². The Bertz CT molecular complexity index is 598. The van der Waals surface area contributed by atoms with Gasteiger partial charge < -0.3 is 9.84 Å². The van der Waals surface area contributed by atoms with Crippen molar-refractivity contribution in [2.45, 2.75) is 44.6 Å². The van der Waals surface area contributed by atoms with Crippen LogP contribution >= 0.6 is 0 Å². The molecule has 4 heteroatoms.